The van der Waals surface area contributed by atoms with Gasteiger partial charge in [0.1, 0.15) is 0 Å². The molecule has 4 nitrogen and oxygen atoms in total. The maximum Gasteiger partial charge on any atom is 0.573 e. The lowest BCUT2D eigenvalue weighted by Gasteiger charge is -2.15. The summed E-state index contributed by atoms with van der Waals surface area (Å²) in [7, 11) is 2.88. The molecule has 0 radical (unpaired) electrons. The minimum atomic E-state index is -4.89. The highest BCUT2D eigenvalue weighted by Gasteiger charge is 2.32. The largest absolute Gasteiger partial charge is 0.573 e. The summed E-state index contributed by atoms with van der Waals surface area (Å²) in [5.74, 6) is -0.488. The second-order valence-electron chi connectivity index (χ2n) is 4.27. The standard InChI is InChI=1S/C15H13F3O4/c1-20-12-5-3-4-10(14(12)21-2)9-6-7-11(19)13(8-9)22-15(16,17)18/h3-8,19H,1-2H3. The average molecular weight is 314 g/mol. The molecule has 0 aromatic heterocycles. The molecule has 0 saturated heterocycles. The van der Waals surface area contributed by atoms with Gasteiger partial charge in [-0.1, -0.05) is 18.2 Å². The van der Waals surface area contributed by atoms with Crippen LogP contribution >= 0.6 is 0 Å². The molecule has 7 heteroatoms. The number of hydrogen-bond acceptors (Lipinski definition) is 4. The topological polar surface area (TPSA) is 47.9 Å². The van der Waals surface area contributed by atoms with Crippen molar-refractivity contribution in [2.45, 2.75) is 6.36 Å². The van der Waals surface area contributed by atoms with E-state index >= 15 is 0 Å². The number of aromatic hydroxyl groups is 1. The molecule has 0 aliphatic carbocycles. The maximum atomic E-state index is 12.3. The molecule has 0 aliphatic rings. The molecular weight excluding hydrogens is 301 g/mol. The van der Waals surface area contributed by atoms with Crippen molar-refractivity contribution in [3.8, 4) is 34.1 Å². The molecule has 0 aliphatic heterocycles. The second kappa shape index (κ2) is 6.05. The summed E-state index contributed by atoms with van der Waals surface area (Å²) in [5, 5.41) is 9.49. The third-order valence-electron chi connectivity index (χ3n) is 2.90. The van der Waals surface area contributed by atoms with Crippen LogP contribution < -0.4 is 14.2 Å². The van der Waals surface area contributed by atoms with E-state index in [1.165, 1.54) is 20.3 Å². The number of benzene rings is 2. The van der Waals surface area contributed by atoms with Gasteiger partial charge in [-0.25, -0.2) is 0 Å². The lowest BCUT2D eigenvalue weighted by Crippen LogP contribution is -2.17. The van der Waals surface area contributed by atoms with E-state index in [1.807, 2.05) is 0 Å². The van der Waals surface area contributed by atoms with E-state index in [1.54, 1.807) is 18.2 Å². The van der Waals surface area contributed by atoms with Gasteiger partial charge in [0.05, 0.1) is 14.2 Å². The van der Waals surface area contributed by atoms with Crippen molar-refractivity contribution in [2.24, 2.45) is 0 Å². The third-order valence-corrected chi connectivity index (χ3v) is 2.90. The zero-order valence-electron chi connectivity index (χ0n) is 11.8. The van der Waals surface area contributed by atoms with E-state index in [4.69, 9.17) is 9.47 Å². The molecule has 118 valence electrons. The van der Waals surface area contributed by atoms with Crippen LogP contribution in [-0.2, 0) is 0 Å². The van der Waals surface area contributed by atoms with Gasteiger partial charge in [0.2, 0.25) is 0 Å². The van der Waals surface area contributed by atoms with Gasteiger partial charge in [0.15, 0.2) is 23.0 Å². The highest BCUT2D eigenvalue weighted by Crippen LogP contribution is 2.41. The lowest BCUT2D eigenvalue weighted by molar-refractivity contribution is -0.275. The zero-order chi connectivity index (χ0) is 16.3. The molecule has 0 heterocycles. The summed E-state index contributed by atoms with van der Waals surface area (Å²) in [6.07, 6.45) is -4.89. The molecule has 2 aromatic rings. The number of rotatable bonds is 4. The van der Waals surface area contributed by atoms with Crippen LogP contribution in [0.5, 0.6) is 23.0 Å². The van der Waals surface area contributed by atoms with Gasteiger partial charge in [-0.15, -0.1) is 13.2 Å². The Kier molecular flexibility index (Phi) is 4.35. The van der Waals surface area contributed by atoms with Crippen molar-refractivity contribution >= 4 is 0 Å². The first kappa shape index (κ1) is 15.8. The minimum absolute atomic E-state index is 0.369. The quantitative estimate of drug-likeness (QED) is 0.927. The number of phenolic OH excluding ortho intramolecular Hbond substituents is 1. The fraction of sp³-hybridized carbons (Fsp3) is 0.200. The normalized spacial score (nSPS) is 11.1. The van der Waals surface area contributed by atoms with Gasteiger partial charge < -0.3 is 19.3 Å². The predicted molar refractivity (Wildman–Crippen MR) is 73.3 cm³/mol. The summed E-state index contributed by atoms with van der Waals surface area (Å²) in [5.41, 5.74) is 0.890. The Morgan fingerprint density at radius 1 is 0.955 bits per heavy atom. The van der Waals surface area contributed by atoms with Crippen LogP contribution in [0.25, 0.3) is 11.1 Å². The number of hydrogen-bond donors (Lipinski definition) is 1. The van der Waals surface area contributed by atoms with Crippen molar-refractivity contribution in [3.05, 3.63) is 36.4 Å². The Bertz CT molecular complexity index is 668. The molecule has 22 heavy (non-hydrogen) atoms. The fourth-order valence-electron chi connectivity index (χ4n) is 2.00. The average Bonchev–Trinajstić information content (AvgIpc) is 2.47. The molecule has 0 bridgehead atoms. The summed E-state index contributed by atoms with van der Waals surface area (Å²) in [4.78, 5) is 0. The van der Waals surface area contributed by atoms with Gasteiger partial charge >= 0.3 is 6.36 Å². The smallest absolute Gasteiger partial charge is 0.504 e. The summed E-state index contributed by atoms with van der Waals surface area (Å²) in [6.45, 7) is 0. The highest BCUT2D eigenvalue weighted by atomic mass is 19.4. The molecule has 1 N–H and O–H groups in total. The Hall–Kier alpha value is -2.57. The van der Waals surface area contributed by atoms with E-state index in [0.29, 0.717) is 22.6 Å². The Morgan fingerprint density at radius 3 is 2.27 bits per heavy atom. The summed E-state index contributed by atoms with van der Waals surface area (Å²) < 4.78 is 51.2. The number of methoxy groups -OCH3 is 2. The van der Waals surface area contributed by atoms with Crippen LogP contribution in [0.4, 0.5) is 13.2 Å². The Labute approximate surface area is 124 Å². The van der Waals surface area contributed by atoms with Crippen LogP contribution in [0.1, 0.15) is 0 Å². The molecule has 2 aromatic carbocycles. The van der Waals surface area contributed by atoms with Crippen LogP contribution in [0.3, 0.4) is 0 Å². The maximum absolute atomic E-state index is 12.3. The molecule has 0 fully saturated rings. The Balaban J connectivity index is 2.52. The van der Waals surface area contributed by atoms with Crippen molar-refractivity contribution in [1.29, 1.82) is 0 Å². The van der Waals surface area contributed by atoms with Crippen molar-refractivity contribution in [3.63, 3.8) is 0 Å². The first-order valence-electron chi connectivity index (χ1n) is 6.16. The molecule has 2 rings (SSSR count). The molecule has 0 saturated carbocycles. The van der Waals surface area contributed by atoms with E-state index < -0.39 is 17.9 Å². The van der Waals surface area contributed by atoms with Crippen LogP contribution in [0.15, 0.2) is 36.4 Å². The number of halogens is 3. The number of ether oxygens (including phenoxy) is 3. The van der Waals surface area contributed by atoms with E-state index in [0.717, 1.165) is 12.1 Å². The van der Waals surface area contributed by atoms with E-state index in [2.05, 4.69) is 4.74 Å². The molecule has 0 unspecified atom stereocenters. The lowest BCUT2D eigenvalue weighted by atomic mass is 10.0. The zero-order valence-corrected chi connectivity index (χ0v) is 11.8. The first-order valence-corrected chi connectivity index (χ1v) is 6.16. The summed E-state index contributed by atoms with van der Waals surface area (Å²) in [6, 6.07) is 8.65. The highest BCUT2D eigenvalue weighted by molar-refractivity contribution is 5.75. The Morgan fingerprint density at radius 2 is 1.68 bits per heavy atom. The van der Waals surface area contributed by atoms with E-state index in [-0.39, 0.29) is 0 Å². The summed E-state index contributed by atoms with van der Waals surface area (Å²) >= 11 is 0. The fourth-order valence-corrected chi connectivity index (χ4v) is 2.00. The van der Waals surface area contributed by atoms with Gasteiger partial charge in [0, 0.05) is 5.56 Å². The van der Waals surface area contributed by atoms with Gasteiger partial charge in [-0.2, -0.15) is 0 Å². The first-order chi connectivity index (χ1) is 10.4. The monoisotopic (exact) mass is 314 g/mol. The number of para-hydroxylation sites is 1. The van der Waals surface area contributed by atoms with Crippen molar-refractivity contribution in [2.75, 3.05) is 14.2 Å². The number of phenols is 1. The third kappa shape index (κ3) is 3.36. The molecule has 0 atom stereocenters. The molecule has 0 amide bonds. The molecule has 0 spiro atoms. The van der Waals surface area contributed by atoms with Gasteiger partial charge in [-0.3, -0.25) is 0 Å². The van der Waals surface area contributed by atoms with Crippen LogP contribution in [0, 0.1) is 0 Å². The predicted octanol–water partition coefficient (Wildman–Crippen LogP) is 3.98. The van der Waals surface area contributed by atoms with Crippen LogP contribution in [0.2, 0.25) is 0 Å². The SMILES string of the molecule is COc1cccc(-c2ccc(O)c(OC(F)(F)F)c2)c1OC. The molecular formula is C15H13F3O4. The van der Waals surface area contributed by atoms with Crippen molar-refractivity contribution < 1.29 is 32.5 Å². The minimum Gasteiger partial charge on any atom is -0.504 e. The van der Waals surface area contributed by atoms with Crippen LogP contribution in [-0.4, -0.2) is 25.7 Å². The van der Waals surface area contributed by atoms with E-state index in [9.17, 15) is 18.3 Å². The van der Waals surface area contributed by atoms with Crippen molar-refractivity contribution in [1.82, 2.24) is 0 Å². The van der Waals surface area contributed by atoms with Gasteiger partial charge in [-0.05, 0) is 23.8 Å². The second-order valence-corrected chi connectivity index (χ2v) is 4.27. The van der Waals surface area contributed by atoms with Gasteiger partial charge in [0.25, 0.3) is 0 Å². The number of alkyl halides is 3.